The minimum atomic E-state index is -5.25. The van der Waals surface area contributed by atoms with Crippen molar-refractivity contribution in [1.82, 2.24) is 20.9 Å². The molecule has 0 spiro atoms. The Morgan fingerprint density at radius 2 is 1.82 bits per heavy atom. The van der Waals surface area contributed by atoms with Gasteiger partial charge >= 0.3 is 12.1 Å². The van der Waals surface area contributed by atoms with Gasteiger partial charge in [0, 0.05) is 24.9 Å². The molecule has 38 heavy (non-hydrogen) atoms. The van der Waals surface area contributed by atoms with Gasteiger partial charge in [0.2, 0.25) is 17.7 Å². The number of alkyl halides is 5. The zero-order valence-electron chi connectivity index (χ0n) is 20.5. The number of amides is 4. The van der Waals surface area contributed by atoms with E-state index < -0.39 is 72.2 Å². The van der Waals surface area contributed by atoms with Crippen LogP contribution in [0.4, 0.5) is 22.0 Å². The fourth-order valence-corrected chi connectivity index (χ4v) is 5.90. The molecule has 2 aliphatic carbocycles. The van der Waals surface area contributed by atoms with E-state index in [2.05, 4.69) is 10.6 Å². The number of halogens is 5. The molecule has 14 heteroatoms. The number of fused-ring (bicyclic) bond motifs is 3. The van der Waals surface area contributed by atoms with Gasteiger partial charge in [-0.15, -0.1) is 0 Å². The normalized spacial score (nSPS) is 30.0. The van der Waals surface area contributed by atoms with Crippen molar-refractivity contribution in [3.05, 3.63) is 0 Å². The molecule has 0 aromatic heterocycles. The number of nitriles is 1. The lowest BCUT2D eigenvalue weighted by molar-refractivity contribution is -0.196. The van der Waals surface area contributed by atoms with E-state index in [4.69, 9.17) is 0 Å². The molecule has 9 nitrogen and oxygen atoms in total. The summed E-state index contributed by atoms with van der Waals surface area (Å²) in [6.07, 6.45) is -3.65. The van der Waals surface area contributed by atoms with Crippen molar-refractivity contribution in [2.45, 2.75) is 94.1 Å². The molecule has 5 aliphatic rings. The second kappa shape index (κ2) is 10.6. The Balaban J connectivity index is 1.56. The minimum absolute atomic E-state index is 0.0504. The first kappa shape index (κ1) is 28.0. The number of hydrogen-bond donors (Lipinski definition) is 3. The van der Waals surface area contributed by atoms with Crippen molar-refractivity contribution < 1.29 is 41.1 Å². The van der Waals surface area contributed by atoms with Crippen molar-refractivity contribution in [1.29, 1.82) is 5.26 Å². The highest BCUT2D eigenvalue weighted by Crippen LogP contribution is 2.49. The highest BCUT2D eigenvalue weighted by Gasteiger charge is 2.61. The third-order valence-electron chi connectivity index (χ3n) is 7.98. The molecule has 2 saturated carbocycles. The monoisotopic (exact) mass is 547 g/mol. The first-order valence-electron chi connectivity index (χ1n) is 12.9. The fourth-order valence-electron chi connectivity index (χ4n) is 5.90. The summed E-state index contributed by atoms with van der Waals surface area (Å²) in [6, 6.07) is -3.81. The van der Waals surface area contributed by atoms with Gasteiger partial charge < -0.3 is 20.9 Å². The predicted octanol–water partition coefficient (Wildman–Crippen LogP) is 1.77. The Bertz CT molecular complexity index is 1010. The molecule has 3 saturated heterocycles. The highest BCUT2D eigenvalue weighted by molar-refractivity contribution is 5.94. The van der Waals surface area contributed by atoms with Crippen LogP contribution in [0.1, 0.15) is 57.8 Å². The van der Waals surface area contributed by atoms with Crippen LogP contribution in [0.25, 0.3) is 0 Å². The number of hydrogen-bond acceptors (Lipinski definition) is 5. The van der Waals surface area contributed by atoms with Crippen molar-refractivity contribution in [3.63, 3.8) is 0 Å². The van der Waals surface area contributed by atoms with Gasteiger partial charge in [0.15, 0.2) is 0 Å². The van der Waals surface area contributed by atoms with Gasteiger partial charge in [0.1, 0.15) is 18.1 Å². The molecule has 0 unspecified atom stereocenters. The first-order chi connectivity index (χ1) is 17.8. The largest absolute Gasteiger partial charge is 0.471 e. The molecule has 0 aromatic carbocycles. The Kier molecular flexibility index (Phi) is 7.86. The maximum absolute atomic E-state index is 14.9. The molecule has 3 aliphatic heterocycles. The summed E-state index contributed by atoms with van der Waals surface area (Å²) in [5.74, 6) is -10.2. The second-order valence-corrected chi connectivity index (χ2v) is 10.8. The summed E-state index contributed by atoms with van der Waals surface area (Å²) in [4.78, 5) is 51.6. The van der Waals surface area contributed by atoms with Gasteiger partial charge in [0.25, 0.3) is 5.92 Å². The van der Waals surface area contributed by atoms with E-state index in [9.17, 15) is 46.4 Å². The topological polar surface area (TPSA) is 131 Å². The van der Waals surface area contributed by atoms with Crippen LogP contribution in [-0.2, 0) is 19.2 Å². The van der Waals surface area contributed by atoms with E-state index in [0.29, 0.717) is 32.2 Å². The van der Waals surface area contributed by atoms with Gasteiger partial charge in [-0.05, 0) is 44.4 Å². The highest BCUT2D eigenvalue weighted by atomic mass is 19.4. The van der Waals surface area contributed by atoms with Gasteiger partial charge in [-0.3, -0.25) is 19.2 Å². The summed E-state index contributed by atoms with van der Waals surface area (Å²) < 4.78 is 68.8. The summed E-state index contributed by atoms with van der Waals surface area (Å²) in [5, 5.41) is 16.4. The molecule has 5 fully saturated rings. The lowest BCUT2D eigenvalue weighted by Crippen LogP contribution is -2.71. The summed E-state index contributed by atoms with van der Waals surface area (Å²) in [5.41, 5.74) is 0. The molecule has 0 aromatic rings. The fraction of sp³-hybridized carbons (Fsp3) is 0.792. The summed E-state index contributed by atoms with van der Waals surface area (Å²) in [7, 11) is 0. The second-order valence-electron chi connectivity index (χ2n) is 10.8. The molecule has 3 N–H and O–H groups in total. The third-order valence-corrected chi connectivity index (χ3v) is 7.98. The standard InChI is InChI=1S/C24H30F5N5O4/c25-23(26)10-15-5-6-16(23)18(20(36)32-14(11-30)9-13-2-1-7-31-19(13)35)34(15)21(37)17(8-12-3-4-12)33-22(38)24(27,28)29/h12-18H,1-10H2,(H,31,35)(H,32,36)(H,33,38)/t13-,14-,15-,16-,17+,18+/m0/s1. The van der Waals surface area contributed by atoms with Gasteiger partial charge in [0.05, 0.1) is 12.0 Å². The lowest BCUT2D eigenvalue weighted by atomic mass is 9.71. The van der Waals surface area contributed by atoms with Crippen molar-refractivity contribution >= 4 is 23.6 Å². The zero-order valence-corrected chi connectivity index (χ0v) is 20.5. The van der Waals surface area contributed by atoms with Crippen LogP contribution in [0.3, 0.4) is 0 Å². The number of nitrogens with one attached hydrogen (secondary N) is 3. The van der Waals surface area contributed by atoms with Crippen molar-refractivity contribution in [2.24, 2.45) is 17.8 Å². The lowest BCUT2D eigenvalue weighted by Gasteiger charge is -2.54. The molecule has 5 rings (SSSR count). The average molecular weight is 548 g/mol. The predicted molar refractivity (Wildman–Crippen MR) is 120 cm³/mol. The van der Waals surface area contributed by atoms with Crippen molar-refractivity contribution in [2.75, 3.05) is 6.54 Å². The maximum atomic E-state index is 14.9. The third kappa shape index (κ3) is 6.02. The molecule has 210 valence electrons. The Labute approximate surface area is 215 Å². The minimum Gasteiger partial charge on any atom is -0.356 e. The van der Waals surface area contributed by atoms with Gasteiger partial charge in [-0.25, -0.2) is 8.78 Å². The van der Waals surface area contributed by atoms with Crippen LogP contribution in [0.2, 0.25) is 0 Å². The number of piperidine rings is 3. The van der Waals surface area contributed by atoms with Crippen LogP contribution in [-0.4, -0.2) is 71.3 Å². The van der Waals surface area contributed by atoms with Gasteiger partial charge in [-0.1, -0.05) is 12.8 Å². The molecule has 3 heterocycles. The van der Waals surface area contributed by atoms with Crippen LogP contribution in [0, 0.1) is 29.1 Å². The molecule has 2 bridgehead atoms. The van der Waals surface area contributed by atoms with E-state index in [1.54, 1.807) is 5.32 Å². The zero-order chi connectivity index (χ0) is 27.8. The summed E-state index contributed by atoms with van der Waals surface area (Å²) >= 11 is 0. The molecule has 0 radical (unpaired) electrons. The van der Waals surface area contributed by atoms with Crippen molar-refractivity contribution in [3.8, 4) is 6.07 Å². The molecular formula is C24H30F5N5O4. The Morgan fingerprint density at radius 1 is 1.11 bits per heavy atom. The van der Waals surface area contributed by atoms with Crippen LogP contribution >= 0.6 is 0 Å². The maximum Gasteiger partial charge on any atom is 0.471 e. The van der Waals surface area contributed by atoms with Crippen LogP contribution in [0.5, 0.6) is 0 Å². The SMILES string of the molecule is N#C[C@H](C[C@@H]1CCCNC1=O)NC(=O)[C@H]1[C@@H]2CC[C@@H](CC2(F)F)N1C(=O)[C@@H](CC1CC1)NC(=O)C(F)(F)F. The Hall–Kier alpha value is -2.98. The first-order valence-corrected chi connectivity index (χ1v) is 12.9. The Morgan fingerprint density at radius 3 is 2.39 bits per heavy atom. The van der Waals surface area contributed by atoms with Gasteiger partial charge in [-0.2, -0.15) is 18.4 Å². The summed E-state index contributed by atoms with van der Waals surface area (Å²) in [6.45, 7) is 0.489. The number of rotatable bonds is 8. The smallest absolute Gasteiger partial charge is 0.356 e. The van der Waals surface area contributed by atoms with Crippen LogP contribution < -0.4 is 16.0 Å². The van der Waals surface area contributed by atoms with E-state index in [-0.39, 0.29) is 37.5 Å². The van der Waals surface area contributed by atoms with E-state index >= 15 is 0 Å². The number of nitrogens with zero attached hydrogens (tertiary/aromatic N) is 2. The quantitative estimate of drug-likeness (QED) is 0.399. The number of carbonyl (C=O) groups excluding carboxylic acids is 4. The molecule has 6 atom stereocenters. The van der Waals surface area contributed by atoms with E-state index in [1.807, 2.05) is 6.07 Å². The average Bonchev–Trinajstić information content (AvgIpc) is 3.66. The molecule has 4 amide bonds. The number of carbonyl (C=O) groups is 4. The molecular weight excluding hydrogens is 517 g/mol. The van der Waals surface area contributed by atoms with E-state index in [0.717, 1.165) is 4.90 Å². The van der Waals surface area contributed by atoms with Crippen LogP contribution in [0.15, 0.2) is 0 Å². The van der Waals surface area contributed by atoms with E-state index in [1.165, 1.54) is 0 Å².